The van der Waals surface area contributed by atoms with Crippen molar-refractivity contribution in [2.45, 2.75) is 119 Å². The Morgan fingerprint density at radius 1 is 0.321 bits per heavy atom. The summed E-state index contributed by atoms with van der Waals surface area (Å²) in [5.41, 5.74) is 20.4. The summed E-state index contributed by atoms with van der Waals surface area (Å²) in [4.78, 5) is 5.37. The topological polar surface area (TPSA) is 56.4 Å². The van der Waals surface area contributed by atoms with Crippen molar-refractivity contribution in [3.8, 4) is 39.9 Å². The second kappa shape index (κ2) is 18.4. The van der Waals surface area contributed by atoms with Crippen LogP contribution in [-0.4, -0.2) is 23.3 Å². The molecule has 0 saturated carbocycles. The molecule has 5 heterocycles. The van der Waals surface area contributed by atoms with Crippen molar-refractivity contribution in [2.24, 2.45) is 0 Å². The molecule has 6 nitrogen and oxygen atoms in total. The molecule has 0 amide bonds. The lowest BCUT2D eigenvalue weighted by Gasteiger charge is -2.30. The molecule has 0 N–H and O–H groups in total. The van der Waals surface area contributed by atoms with Crippen molar-refractivity contribution in [2.75, 3.05) is 0 Å². The van der Waals surface area contributed by atoms with Crippen molar-refractivity contribution in [3.63, 3.8) is 0 Å². The van der Waals surface area contributed by atoms with Gasteiger partial charge in [-0.1, -0.05) is 186 Å². The minimum atomic E-state index is -0.121. The third kappa shape index (κ3) is 7.92. The third-order valence-electron chi connectivity index (χ3n) is 18.1. The number of hydrogen-bond acceptors (Lipinski definition) is 2. The molecule has 6 heteroatoms. The first kappa shape index (κ1) is 52.9. The summed E-state index contributed by atoms with van der Waals surface area (Å²) >= 11 is 0. The normalized spacial score (nSPS) is 12.9. The summed E-state index contributed by atoms with van der Waals surface area (Å²) in [5.74, 6) is 0. The van der Waals surface area contributed by atoms with E-state index in [-0.39, 0.29) is 21.7 Å². The van der Waals surface area contributed by atoms with Crippen LogP contribution in [0.1, 0.15) is 122 Å². The number of nitrogens with zero attached hydrogens (tertiary/aromatic N) is 6. The predicted octanol–water partition coefficient (Wildman–Crippen LogP) is 20.8. The van der Waals surface area contributed by atoms with Gasteiger partial charge in [0.15, 0.2) is 0 Å². The van der Waals surface area contributed by atoms with E-state index in [1.165, 1.54) is 22.3 Å². The van der Waals surface area contributed by atoms with Crippen LogP contribution in [0.5, 0.6) is 0 Å². The lowest BCUT2D eigenvalue weighted by molar-refractivity contribution is 0.591. The molecule has 0 saturated heterocycles. The fourth-order valence-corrected chi connectivity index (χ4v) is 13.6. The molecule has 14 aromatic rings. The highest BCUT2D eigenvalue weighted by molar-refractivity contribution is 6.17. The van der Waals surface area contributed by atoms with E-state index in [1.54, 1.807) is 0 Å². The Balaban J connectivity index is 1.36. The highest BCUT2D eigenvalue weighted by atomic mass is 15.1. The largest absolute Gasteiger partial charge is 0.307 e. The predicted molar refractivity (Wildman–Crippen MR) is 356 cm³/mol. The van der Waals surface area contributed by atoms with Gasteiger partial charge >= 0.3 is 0 Å². The molecule has 5 aromatic heterocycles. The molecule has 0 bridgehead atoms. The maximum absolute atomic E-state index is 13.1. The number of aryl methyl sites for hydroxylation is 2. The Hall–Kier alpha value is -9.18. The number of aromatic nitrogens is 5. The van der Waals surface area contributed by atoms with Crippen LogP contribution in [0.15, 0.2) is 182 Å². The number of rotatable bonds is 5. The molecule has 0 aliphatic rings. The number of fused-ring (bicyclic) bond motifs is 12. The summed E-state index contributed by atoms with van der Waals surface area (Å²) in [7, 11) is 0. The average molecular weight is 1090 g/mol. The van der Waals surface area contributed by atoms with Crippen LogP contribution in [0.4, 0.5) is 0 Å². The van der Waals surface area contributed by atoms with Gasteiger partial charge in [-0.2, -0.15) is 5.26 Å². The van der Waals surface area contributed by atoms with E-state index in [1.807, 2.05) is 0 Å². The molecule has 84 heavy (non-hydrogen) atoms. The number of pyridine rings is 1. The van der Waals surface area contributed by atoms with E-state index in [2.05, 4.69) is 303 Å². The maximum atomic E-state index is 13.1. The van der Waals surface area contributed by atoms with Crippen LogP contribution in [0.2, 0.25) is 0 Å². The molecular weight excluding hydrogens is 1020 g/mol. The van der Waals surface area contributed by atoms with Crippen molar-refractivity contribution in [1.82, 2.24) is 23.3 Å². The van der Waals surface area contributed by atoms with E-state index < -0.39 is 0 Å². The van der Waals surface area contributed by atoms with Crippen molar-refractivity contribution >= 4 is 87.2 Å². The molecule has 0 radical (unpaired) electrons. The second-order valence-corrected chi connectivity index (χ2v) is 27.7. The number of para-hydroxylation sites is 4. The Labute approximate surface area is 492 Å². The van der Waals surface area contributed by atoms with E-state index in [4.69, 9.17) is 4.98 Å². The van der Waals surface area contributed by atoms with E-state index in [9.17, 15) is 5.26 Å². The van der Waals surface area contributed by atoms with Gasteiger partial charge in [0.25, 0.3) is 0 Å². The number of nitriles is 1. The Bertz CT molecular complexity index is 5140. The van der Waals surface area contributed by atoms with Crippen LogP contribution in [0.3, 0.4) is 0 Å². The summed E-state index contributed by atoms with van der Waals surface area (Å²) in [5, 5.41) is 22.2. The third-order valence-corrected chi connectivity index (χ3v) is 18.1. The van der Waals surface area contributed by atoms with Gasteiger partial charge in [-0.05, 0) is 137 Å². The molecule has 0 aliphatic carbocycles. The van der Waals surface area contributed by atoms with Crippen molar-refractivity contribution in [1.29, 1.82) is 5.26 Å². The molecule has 0 unspecified atom stereocenters. The second-order valence-electron chi connectivity index (χ2n) is 27.7. The molecule has 9 aromatic carbocycles. The van der Waals surface area contributed by atoms with Gasteiger partial charge in [0.2, 0.25) is 0 Å². The quantitative estimate of drug-likeness (QED) is 0.172. The first-order valence-electron chi connectivity index (χ1n) is 29.8. The summed E-state index contributed by atoms with van der Waals surface area (Å²) < 4.78 is 9.95. The van der Waals surface area contributed by atoms with Gasteiger partial charge in [0.1, 0.15) is 11.6 Å². The average Bonchev–Trinajstić information content (AvgIpc) is 1.46. The zero-order valence-corrected chi connectivity index (χ0v) is 51.0. The molecule has 0 aliphatic heterocycles. The lowest BCUT2D eigenvalue weighted by Crippen LogP contribution is -2.17. The molecule has 0 fully saturated rings. The van der Waals surface area contributed by atoms with Crippen LogP contribution in [0, 0.1) is 25.2 Å². The number of benzene rings is 9. The molecule has 0 spiro atoms. The molecular formula is C78H72N6. The zero-order valence-electron chi connectivity index (χ0n) is 51.0. The number of hydrogen-bond donors (Lipinski definition) is 0. The van der Waals surface area contributed by atoms with E-state index in [0.29, 0.717) is 5.56 Å². The Kier molecular flexibility index (Phi) is 11.6. The fourth-order valence-electron chi connectivity index (χ4n) is 13.6. The van der Waals surface area contributed by atoms with Crippen LogP contribution in [-0.2, 0) is 21.7 Å². The monoisotopic (exact) mass is 1090 g/mol. The standard InChI is InChI=1S/C78H72N6/c1-46-31-36-52(47(2)80-46)70-71(81-62-27-19-15-23-53(62)57-41-48(75(3,4)5)32-37-66(57)81)61(45-79)72(82-63-28-20-16-24-54(63)58-42-49(76(6,7)8)33-38-67(58)82)74(84-65-30-22-18-26-56(65)60-44-51(78(12,13)14)35-40-69(60)84)73(70)83-64-29-21-17-25-55(64)59-43-50(77(9,10)11)34-39-68(59)83/h15-44H,1-14H3. The van der Waals surface area contributed by atoms with Crippen molar-refractivity contribution in [3.05, 3.63) is 221 Å². The molecule has 0 atom stereocenters. The summed E-state index contributed by atoms with van der Waals surface area (Å²) in [6.45, 7) is 31.7. The molecule has 414 valence electrons. The van der Waals surface area contributed by atoms with Crippen LogP contribution >= 0.6 is 0 Å². The van der Waals surface area contributed by atoms with Crippen LogP contribution < -0.4 is 0 Å². The first-order valence-corrected chi connectivity index (χ1v) is 29.8. The first-order chi connectivity index (χ1) is 40.0. The zero-order chi connectivity index (χ0) is 58.7. The minimum Gasteiger partial charge on any atom is -0.307 e. The molecule has 14 rings (SSSR count). The maximum Gasteiger partial charge on any atom is 0.104 e. The fraction of sp³-hybridized carbons (Fsp3) is 0.231. The summed E-state index contributed by atoms with van der Waals surface area (Å²) in [6, 6.07) is 71.1. The van der Waals surface area contributed by atoms with Crippen molar-refractivity contribution < 1.29 is 0 Å². The minimum absolute atomic E-state index is 0.115. The smallest absolute Gasteiger partial charge is 0.104 e. The van der Waals surface area contributed by atoms with Gasteiger partial charge in [0, 0.05) is 65.6 Å². The van der Waals surface area contributed by atoms with Gasteiger partial charge in [-0.15, -0.1) is 0 Å². The van der Waals surface area contributed by atoms with Gasteiger partial charge in [-0.3, -0.25) is 4.98 Å². The highest BCUT2D eigenvalue weighted by Crippen LogP contribution is 2.53. The lowest BCUT2D eigenvalue weighted by atomic mass is 9.86. The van der Waals surface area contributed by atoms with Gasteiger partial charge in [-0.25, -0.2) is 0 Å². The Morgan fingerprint density at radius 3 is 0.940 bits per heavy atom. The van der Waals surface area contributed by atoms with E-state index in [0.717, 1.165) is 132 Å². The van der Waals surface area contributed by atoms with E-state index >= 15 is 0 Å². The Morgan fingerprint density at radius 2 is 0.619 bits per heavy atom. The SMILES string of the molecule is Cc1ccc(-c2c(-n3c4ccccc4c4cc(C(C)(C)C)ccc43)c(C#N)c(-n3c4ccccc4c4cc(C(C)(C)C)ccc43)c(-n3c4ccccc4c4cc(C(C)(C)C)ccc43)c2-n2c3ccccc3c3cc(C(C)(C)C)ccc32)c(C)n1. The highest BCUT2D eigenvalue weighted by Gasteiger charge is 2.36. The van der Waals surface area contributed by atoms with Crippen LogP contribution in [0.25, 0.3) is 121 Å². The van der Waals surface area contributed by atoms with Gasteiger partial charge < -0.3 is 18.3 Å². The van der Waals surface area contributed by atoms with Gasteiger partial charge in [0.05, 0.1) is 66.9 Å². The summed E-state index contributed by atoms with van der Waals surface area (Å²) in [6.07, 6.45) is 0.